The fourth-order valence-corrected chi connectivity index (χ4v) is 3.73. The highest BCUT2D eigenvalue weighted by molar-refractivity contribution is 6.00. The zero-order chi connectivity index (χ0) is 17.1. The third-order valence-corrected chi connectivity index (χ3v) is 5.32. The van der Waals surface area contributed by atoms with Crippen LogP contribution in [-0.2, 0) is 9.59 Å². The van der Waals surface area contributed by atoms with E-state index < -0.39 is 0 Å². The molecule has 1 aliphatic carbocycles. The number of carbonyl (C=O) groups is 2. The Bertz CT molecular complexity index is 599. The normalized spacial score (nSPS) is 27.2. The van der Waals surface area contributed by atoms with Gasteiger partial charge in [0.1, 0.15) is 5.75 Å². The van der Waals surface area contributed by atoms with Crippen molar-refractivity contribution >= 4 is 17.5 Å². The molecule has 1 N–H and O–H groups in total. The second-order valence-corrected chi connectivity index (χ2v) is 6.98. The van der Waals surface area contributed by atoms with Crippen LogP contribution in [0.15, 0.2) is 24.3 Å². The quantitative estimate of drug-likeness (QED) is 0.923. The van der Waals surface area contributed by atoms with Crippen LogP contribution in [0.3, 0.4) is 0 Å². The maximum Gasteiger partial charge on any atom is 0.227 e. The van der Waals surface area contributed by atoms with Crippen LogP contribution in [0.25, 0.3) is 0 Å². The minimum absolute atomic E-state index is 0.0111. The van der Waals surface area contributed by atoms with Crippen molar-refractivity contribution in [2.75, 3.05) is 18.6 Å². The van der Waals surface area contributed by atoms with E-state index in [4.69, 9.17) is 4.74 Å². The molecule has 5 nitrogen and oxygen atoms in total. The van der Waals surface area contributed by atoms with E-state index in [-0.39, 0.29) is 23.8 Å². The fourth-order valence-electron chi connectivity index (χ4n) is 3.73. The first-order valence-corrected chi connectivity index (χ1v) is 8.83. The number of nitrogens with zero attached hydrogens (tertiary/aromatic N) is 1. The molecular weight excluding hydrogens is 304 g/mol. The first-order chi connectivity index (χ1) is 11.6. The Morgan fingerprint density at radius 2 is 1.92 bits per heavy atom. The number of rotatable bonds is 4. The van der Waals surface area contributed by atoms with Crippen molar-refractivity contribution in [1.29, 1.82) is 0 Å². The first-order valence-electron chi connectivity index (χ1n) is 8.83. The number of anilines is 1. The second-order valence-electron chi connectivity index (χ2n) is 6.98. The summed E-state index contributed by atoms with van der Waals surface area (Å²) < 4.78 is 5.15. The van der Waals surface area contributed by atoms with Gasteiger partial charge in [-0.15, -0.1) is 0 Å². The van der Waals surface area contributed by atoms with E-state index in [9.17, 15) is 9.59 Å². The summed E-state index contributed by atoms with van der Waals surface area (Å²) in [5.74, 6) is 1.06. The Morgan fingerprint density at radius 3 is 2.58 bits per heavy atom. The van der Waals surface area contributed by atoms with E-state index in [1.54, 1.807) is 12.0 Å². The summed E-state index contributed by atoms with van der Waals surface area (Å²) in [7, 11) is 1.61. The van der Waals surface area contributed by atoms with E-state index >= 15 is 0 Å². The summed E-state index contributed by atoms with van der Waals surface area (Å²) in [5.41, 5.74) is 0.821. The summed E-state index contributed by atoms with van der Waals surface area (Å²) in [6.07, 6.45) is 4.94. The molecule has 1 saturated heterocycles. The molecule has 24 heavy (non-hydrogen) atoms. The van der Waals surface area contributed by atoms with Crippen molar-refractivity contribution in [1.82, 2.24) is 5.32 Å². The molecule has 0 spiro atoms. The molecule has 3 rings (SSSR count). The number of nitrogens with one attached hydrogen (secondary N) is 1. The third kappa shape index (κ3) is 3.55. The highest BCUT2D eigenvalue weighted by Gasteiger charge is 2.36. The van der Waals surface area contributed by atoms with E-state index in [0.29, 0.717) is 18.9 Å². The van der Waals surface area contributed by atoms with Gasteiger partial charge in [0, 0.05) is 24.7 Å². The number of hydrogen-bond acceptors (Lipinski definition) is 3. The molecule has 0 aromatic heterocycles. The van der Waals surface area contributed by atoms with Gasteiger partial charge < -0.3 is 15.0 Å². The molecule has 2 fully saturated rings. The standard InChI is InChI=1S/C19H26N2O3/c1-13-5-3-4-6-17(13)20-19(23)14-11-18(22)21(12-14)15-7-9-16(24-2)10-8-15/h7-10,13-14,17H,3-6,11-12H2,1-2H3,(H,20,23)/t13-,14-,17-/m1/s1. The van der Waals surface area contributed by atoms with E-state index in [0.717, 1.165) is 17.9 Å². The Labute approximate surface area is 143 Å². The predicted molar refractivity (Wildman–Crippen MR) is 93.0 cm³/mol. The van der Waals surface area contributed by atoms with Gasteiger partial charge in [0.15, 0.2) is 0 Å². The SMILES string of the molecule is COc1ccc(N2C[C@H](C(=O)N[C@@H]3CCCC[C@H]3C)CC2=O)cc1. The zero-order valence-corrected chi connectivity index (χ0v) is 14.5. The highest BCUT2D eigenvalue weighted by atomic mass is 16.5. The van der Waals surface area contributed by atoms with Crippen molar-refractivity contribution in [3.8, 4) is 5.75 Å². The Hall–Kier alpha value is -2.04. The maximum atomic E-state index is 12.6. The fraction of sp³-hybridized carbons (Fsp3) is 0.579. The minimum Gasteiger partial charge on any atom is -0.497 e. The molecule has 0 radical (unpaired) electrons. The van der Waals surface area contributed by atoms with Crippen LogP contribution in [0.1, 0.15) is 39.0 Å². The van der Waals surface area contributed by atoms with E-state index in [2.05, 4.69) is 12.2 Å². The van der Waals surface area contributed by atoms with Gasteiger partial charge in [0.05, 0.1) is 13.0 Å². The molecule has 1 aliphatic heterocycles. The molecule has 1 aromatic rings. The number of benzene rings is 1. The lowest BCUT2D eigenvalue weighted by molar-refractivity contribution is -0.127. The molecule has 1 aromatic carbocycles. The van der Waals surface area contributed by atoms with Crippen LogP contribution in [0.5, 0.6) is 5.75 Å². The number of ether oxygens (including phenoxy) is 1. The molecule has 5 heteroatoms. The van der Waals surface area contributed by atoms with Gasteiger partial charge >= 0.3 is 0 Å². The zero-order valence-electron chi connectivity index (χ0n) is 14.5. The highest BCUT2D eigenvalue weighted by Crippen LogP contribution is 2.28. The number of amides is 2. The molecule has 130 valence electrons. The van der Waals surface area contributed by atoms with Crippen molar-refractivity contribution in [3.05, 3.63) is 24.3 Å². The first kappa shape index (κ1) is 16.8. The van der Waals surface area contributed by atoms with Gasteiger partial charge in [-0.2, -0.15) is 0 Å². The molecule has 1 heterocycles. The van der Waals surface area contributed by atoms with E-state index in [1.807, 2.05) is 24.3 Å². The molecule has 2 aliphatic rings. The predicted octanol–water partition coefficient (Wildman–Crippen LogP) is 2.74. The monoisotopic (exact) mass is 330 g/mol. The Balaban J connectivity index is 1.62. The van der Waals surface area contributed by atoms with Crippen molar-refractivity contribution in [2.45, 2.75) is 45.1 Å². The van der Waals surface area contributed by atoms with Crippen LogP contribution in [0, 0.1) is 11.8 Å². The molecular formula is C19H26N2O3. The van der Waals surface area contributed by atoms with Gasteiger partial charge in [-0.05, 0) is 43.0 Å². The van der Waals surface area contributed by atoms with Gasteiger partial charge in [0.25, 0.3) is 0 Å². The lowest BCUT2D eigenvalue weighted by atomic mass is 9.85. The van der Waals surface area contributed by atoms with Gasteiger partial charge in [-0.1, -0.05) is 19.8 Å². The van der Waals surface area contributed by atoms with Crippen LogP contribution < -0.4 is 15.0 Å². The average Bonchev–Trinajstić information content (AvgIpc) is 2.99. The molecule has 3 atom stereocenters. The minimum atomic E-state index is -0.256. The molecule has 0 bridgehead atoms. The number of hydrogen-bond donors (Lipinski definition) is 1. The largest absolute Gasteiger partial charge is 0.497 e. The van der Waals surface area contributed by atoms with Crippen LogP contribution in [0.2, 0.25) is 0 Å². The second kappa shape index (κ2) is 7.24. The summed E-state index contributed by atoms with van der Waals surface area (Å²) >= 11 is 0. The molecule has 0 unspecified atom stereocenters. The van der Waals surface area contributed by atoms with Crippen molar-refractivity contribution < 1.29 is 14.3 Å². The average molecular weight is 330 g/mol. The van der Waals surface area contributed by atoms with Crippen molar-refractivity contribution in [2.24, 2.45) is 11.8 Å². The Morgan fingerprint density at radius 1 is 1.21 bits per heavy atom. The molecule has 2 amide bonds. The topological polar surface area (TPSA) is 58.6 Å². The van der Waals surface area contributed by atoms with Gasteiger partial charge in [-0.25, -0.2) is 0 Å². The van der Waals surface area contributed by atoms with E-state index in [1.165, 1.54) is 19.3 Å². The van der Waals surface area contributed by atoms with Gasteiger partial charge in [0.2, 0.25) is 11.8 Å². The third-order valence-electron chi connectivity index (χ3n) is 5.32. The lowest BCUT2D eigenvalue weighted by Crippen LogP contribution is -2.44. The lowest BCUT2D eigenvalue weighted by Gasteiger charge is -2.30. The number of methoxy groups -OCH3 is 1. The Kier molecular flexibility index (Phi) is 5.07. The smallest absolute Gasteiger partial charge is 0.227 e. The van der Waals surface area contributed by atoms with Crippen LogP contribution in [-0.4, -0.2) is 31.5 Å². The summed E-state index contributed by atoms with van der Waals surface area (Å²) in [4.78, 5) is 26.6. The van der Waals surface area contributed by atoms with Crippen LogP contribution in [0.4, 0.5) is 5.69 Å². The maximum absolute atomic E-state index is 12.6. The summed E-state index contributed by atoms with van der Waals surface area (Å²) in [6.45, 7) is 2.66. The molecule has 1 saturated carbocycles. The number of carbonyl (C=O) groups excluding carboxylic acids is 2. The van der Waals surface area contributed by atoms with Crippen LogP contribution >= 0.6 is 0 Å². The van der Waals surface area contributed by atoms with Gasteiger partial charge in [-0.3, -0.25) is 9.59 Å². The summed E-state index contributed by atoms with van der Waals surface area (Å²) in [5, 5.41) is 3.18. The summed E-state index contributed by atoms with van der Waals surface area (Å²) in [6, 6.07) is 7.65. The van der Waals surface area contributed by atoms with Crippen molar-refractivity contribution in [3.63, 3.8) is 0 Å².